The minimum Gasteiger partial charge on any atom is -0.448 e. The molecular weight excluding hydrogens is 322 g/mol. The maximum atomic E-state index is 12.7. The van der Waals surface area contributed by atoms with Gasteiger partial charge < -0.3 is 10.5 Å². The average molecular weight is 337 g/mol. The predicted octanol–water partition coefficient (Wildman–Crippen LogP) is 1.42. The Kier molecular flexibility index (Phi) is 4.30. The quantitative estimate of drug-likeness (QED) is 0.725. The molecule has 7 nitrogen and oxygen atoms in total. The lowest BCUT2D eigenvalue weighted by atomic mass is 10.1. The highest BCUT2D eigenvalue weighted by atomic mass is 16.5. The summed E-state index contributed by atoms with van der Waals surface area (Å²) in [5.74, 6) is -1.60. The Morgan fingerprint density at radius 2 is 1.64 bits per heavy atom. The van der Waals surface area contributed by atoms with Crippen molar-refractivity contribution in [2.24, 2.45) is 5.73 Å². The van der Waals surface area contributed by atoms with E-state index in [4.69, 9.17) is 10.5 Å². The Labute approximate surface area is 142 Å². The summed E-state index contributed by atoms with van der Waals surface area (Å²) in [5.41, 5.74) is 5.22. The first kappa shape index (κ1) is 16.4. The summed E-state index contributed by atoms with van der Waals surface area (Å²) in [5, 5.41) is 4.83. The van der Waals surface area contributed by atoms with Gasteiger partial charge in [0.2, 0.25) is 0 Å². The summed E-state index contributed by atoms with van der Waals surface area (Å²) in [6.07, 6.45) is -1.11. The zero-order valence-corrected chi connectivity index (χ0v) is 13.4. The Morgan fingerprint density at radius 3 is 2.28 bits per heavy atom. The third-order valence-electron chi connectivity index (χ3n) is 3.68. The number of carbonyl (C=O) groups excluding carboxylic acids is 2. The zero-order valence-electron chi connectivity index (χ0n) is 13.4. The number of carbonyl (C=O) groups is 2. The van der Waals surface area contributed by atoms with Gasteiger partial charge in [0.05, 0.1) is 11.1 Å². The molecule has 2 aromatic carbocycles. The molecule has 0 radical (unpaired) electrons. The van der Waals surface area contributed by atoms with E-state index in [1.165, 1.54) is 6.92 Å². The monoisotopic (exact) mass is 337 g/mol. The molecule has 7 heteroatoms. The van der Waals surface area contributed by atoms with Crippen LogP contribution in [0.5, 0.6) is 0 Å². The number of nitrogens with two attached hydrogens (primary N) is 1. The molecule has 1 heterocycles. The second-order valence-corrected chi connectivity index (χ2v) is 5.40. The van der Waals surface area contributed by atoms with Gasteiger partial charge >= 0.3 is 5.97 Å². The molecule has 25 heavy (non-hydrogen) atoms. The molecule has 1 amide bonds. The highest BCUT2D eigenvalue weighted by Crippen LogP contribution is 2.16. The lowest BCUT2D eigenvalue weighted by Gasteiger charge is -2.12. The second-order valence-electron chi connectivity index (χ2n) is 5.40. The molecule has 1 atom stereocenters. The number of primary amides is 1. The maximum absolute atomic E-state index is 12.7. The molecule has 0 bridgehead atoms. The summed E-state index contributed by atoms with van der Waals surface area (Å²) in [6.45, 7) is 1.37. The van der Waals surface area contributed by atoms with Crippen LogP contribution in [0.4, 0.5) is 0 Å². The number of nitrogens with zero attached hydrogens (tertiary/aromatic N) is 2. The molecule has 0 fully saturated rings. The van der Waals surface area contributed by atoms with Crippen molar-refractivity contribution in [3.05, 3.63) is 70.6 Å². The number of esters is 1. The first-order valence-electron chi connectivity index (χ1n) is 7.57. The fourth-order valence-corrected chi connectivity index (χ4v) is 2.36. The fraction of sp³-hybridized carbons (Fsp3) is 0.111. The third-order valence-corrected chi connectivity index (χ3v) is 3.68. The number of hydrogen-bond acceptors (Lipinski definition) is 5. The van der Waals surface area contributed by atoms with E-state index in [2.05, 4.69) is 5.10 Å². The van der Waals surface area contributed by atoms with E-state index in [9.17, 15) is 14.4 Å². The number of fused-ring (bicyclic) bond motifs is 1. The molecule has 3 rings (SSSR count). The first-order valence-corrected chi connectivity index (χ1v) is 7.57. The molecule has 2 N–H and O–H groups in total. The lowest BCUT2D eigenvalue weighted by Crippen LogP contribution is -2.32. The van der Waals surface area contributed by atoms with Crippen molar-refractivity contribution in [3.63, 3.8) is 0 Å². The third kappa shape index (κ3) is 3.12. The summed E-state index contributed by atoms with van der Waals surface area (Å²) >= 11 is 0. The molecule has 1 aromatic heterocycles. The van der Waals surface area contributed by atoms with Gasteiger partial charge in [0.15, 0.2) is 11.8 Å². The Balaban J connectivity index is 2.21. The highest BCUT2D eigenvalue weighted by molar-refractivity contribution is 6.02. The van der Waals surface area contributed by atoms with E-state index in [-0.39, 0.29) is 11.3 Å². The molecule has 0 aliphatic heterocycles. The van der Waals surface area contributed by atoms with Crippen LogP contribution in [-0.2, 0) is 9.53 Å². The summed E-state index contributed by atoms with van der Waals surface area (Å²) in [4.78, 5) is 36.3. The van der Waals surface area contributed by atoms with E-state index in [0.717, 1.165) is 4.68 Å². The van der Waals surface area contributed by atoms with Gasteiger partial charge in [0.1, 0.15) is 0 Å². The van der Waals surface area contributed by atoms with Gasteiger partial charge in [-0.2, -0.15) is 9.78 Å². The van der Waals surface area contributed by atoms with E-state index in [1.807, 2.05) is 0 Å². The van der Waals surface area contributed by atoms with E-state index >= 15 is 0 Å². The first-order chi connectivity index (χ1) is 12.0. The minimum atomic E-state index is -1.11. The number of aromatic nitrogens is 2. The van der Waals surface area contributed by atoms with Gasteiger partial charge in [-0.25, -0.2) is 4.79 Å². The van der Waals surface area contributed by atoms with Crippen LogP contribution in [0.1, 0.15) is 17.4 Å². The molecule has 0 unspecified atom stereocenters. The summed E-state index contributed by atoms with van der Waals surface area (Å²) in [7, 11) is 0. The van der Waals surface area contributed by atoms with Crippen LogP contribution in [0, 0.1) is 0 Å². The van der Waals surface area contributed by atoms with Crippen LogP contribution in [0.15, 0.2) is 59.4 Å². The topological polar surface area (TPSA) is 104 Å². The second kappa shape index (κ2) is 6.56. The van der Waals surface area contributed by atoms with Crippen LogP contribution in [0.3, 0.4) is 0 Å². The van der Waals surface area contributed by atoms with Crippen molar-refractivity contribution in [2.75, 3.05) is 0 Å². The SMILES string of the molecule is C[C@H](OC(=O)c1nn(-c2ccccc2)c(=O)c2ccccc12)C(N)=O. The molecule has 0 aliphatic carbocycles. The molecule has 3 aromatic rings. The largest absolute Gasteiger partial charge is 0.448 e. The van der Waals surface area contributed by atoms with Crippen molar-refractivity contribution >= 4 is 22.6 Å². The van der Waals surface area contributed by atoms with Crippen LogP contribution in [-0.4, -0.2) is 27.8 Å². The number of para-hydroxylation sites is 1. The number of benzene rings is 2. The van der Waals surface area contributed by atoms with Crippen LogP contribution < -0.4 is 11.3 Å². The predicted molar refractivity (Wildman–Crippen MR) is 91.4 cm³/mol. The summed E-state index contributed by atoms with van der Waals surface area (Å²) < 4.78 is 6.18. The van der Waals surface area contributed by atoms with E-state index in [0.29, 0.717) is 16.5 Å². The van der Waals surface area contributed by atoms with Gasteiger partial charge in [-0.3, -0.25) is 9.59 Å². The van der Waals surface area contributed by atoms with Crippen LogP contribution in [0.25, 0.3) is 16.5 Å². The summed E-state index contributed by atoms with van der Waals surface area (Å²) in [6, 6.07) is 15.3. The molecule has 0 aliphatic rings. The normalized spacial score (nSPS) is 11.9. The van der Waals surface area contributed by atoms with E-state index < -0.39 is 18.0 Å². The van der Waals surface area contributed by atoms with Gasteiger partial charge in [-0.15, -0.1) is 0 Å². The molecule has 126 valence electrons. The van der Waals surface area contributed by atoms with E-state index in [1.54, 1.807) is 54.6 Å². The van der Waals surface area contributed by atoms with Crippen molar-refractivity contribution in [1.82, 2.24) is 9.78 Å². The average Bonchev–Trinajstić information content (AvgIpc) is 2.62. The standard InChI is InChI=1S/C18H15N3O4/c1-11(16(19)22)25-18(24)15-13-9-5-6-10-14(13)17(23)21(20-15)12-7-3-2-4-8-12/h2-11H,1H3,(H2,19,22)/t11-/m0/s1. The Morgan fingerprint density at radius 1 is 1.04 bits per heavy atom. The van der Waals surface area contributed by atoms with Crippen molar-refractivity contribution < 1.29 is 14.3 Å². The number of amides is 1. The molecule has 0 saturated carbocycles. The maximum Gasteiger partial charge on any atom is 0.360 e. The van der Waals surface area contributed by atoms with Crippen molar-refractivity contribution in [1.29, 1.82) is 0 Å². The van der Waals surface area contributed by atoms with Crippen molar-refractivity contribution in [2.45, 2.75) is 13.0 Å². The van der Waals surface area contributed by atoms with Crippen molar-refractivity contribution in [3.8, 4) is 5.69 Å². The molecule has 0 spiro atoms. The van der Waals surface area contributed by atoms with Gasteiger partial charge in [0, 0.05) is 5.39 Å². The van der Waals surface area contributed by atoms with Gasteiger partial charge in [-0.1, -0.05) is 36.4 Å². The van der Waals surface area contributed by atoms with Crippen LogP contribution >= 0.6 is 0 Å². The number of rotatable bonds is 4. The van der Waals surface area contributed by atoms with Gasteiger partial charge in [0.25, 0.3) is 11.5 Å². The Bertz CT molecular complexity index is 1010. The minimum absolute atomic E-state index is 0.0628. The Hall–Kier alpha value is -3.48. The number of hydrogen-bond donors (Lipinski definition) is 1. The number of ether oxygens (including phenoxy) is 1. The molecular formula is C18H15N3O4. The van der Waals surface area contributed by atoms with Gasteiger partial charge in [-0.05, 0) is 25.1 Å². The van der Waals surface area contributed by atoms with Crippen LogP contribution in [0.2, 0.25) is 0 Å². The fourth-order valence-electron chi connectivity index (χ4n) is 2.36. The highest BCUT2D eigenvalue weighted by Gasteiger charge is 2.22. The zero-order chi connectivity index (χ0) is 18.0. The lowest BCUT2D eigenvalue weighted by molar-refractivity contribution is -0.125. The molecule has 0 saturated heterocycles. The smallest absolute Gasteiger partial charge is 0.360 e.